The predicted octanol–water partition coefficient (Wildman–Crippen LogP) is -1.02. The average Bonchev–Trinajstić information content (AvgIpc) is 2.15. The first-order valence-corrected chi connectivity index (χ1v) is 5.36. The van der Waals surface area contributed by atoms with Crippen LogP contribution in [0.25, 0.3) is 0 Å². The third-order valence-corrected chi connectivity index (χ3v) is 2.68. The predicted molar refractivity (Wildman–Crippen MR) is 56.9 cm³/mol. The Balaban J connectivity index is 2.52. The fraction of sp³-hybridized carbons (Fsp3) is 0.800. The number of amides is 1. The van der Waals surface area contributed by atoms with Gasteiger partial charge in [0.05, 0.1) is 6.10 Å². The summed E-state index contributed by atoms with van der Waals surface area (Å²) in [7, 11) is 0. The highest BCUT2D eigenvalue weighted by molar-refractivity contribution is 6.31. The second-order valence-corrected chi connectivity index (χ2v) is 4.26. The molecule has 6 heteroatoms. The van der Waals surface area contributed by atoms with E-state index in [9.17, 15) is 14.7 Å². The number of nitrogens with zero attached hydrogens (tertiary/aromatic N) is 2. The summed E-state index contributed by atoms with van der Waals surface area (Å²) in [6.45, 7) is 5.69. The normalized spacial score (nSPS) is 24.2. The van der Waals surface area contributed by atoms with Gasteiger partial charge in [-0.1, -0.05) is 0 Å². The van der Waals surface area contributed by atoms with E-state index in [4.69, 9.17) is 5.11 Å². The molecule has 0 aliphatic carbocycles. The van der Waals surface area contributed by atoms with Crippen molar-refractivity contribution in [2.75, 3.05) is 26.2 Å². The van der Waals surface area contributed by atoms with Gasteiger partial charge in [-0.05, 0) is 13.8 Å². The first-order chi connectivity index (χ1) is 7.41. The number of aliphatic carboxylic acids is 1. The third kappa shape index (κ3) is 3.18. The van der Waals surface area contributed by atoms with E-state index in [2.05, 4.69) is 0 Å². The summed E-state index contributed by atoms with van der Waals surface area (Å²) in [6, 6.07) is -0.129. The van der Waals surface area contributed by atoms with Gasteiger partial charge in [0.1, 0.15) is 0 Å². The summed E-state index contributed by atoms with van der Waals surface area (Å²) in [5.41, 5.74) is 0. The number of rotatable bonds is 2. The molecule has 16 heavy (non-hydrogen) atoms. The molecule has 0 aromatic heterocycles. The number of carbonyl (C=O) groups is 2. The fourth-order valence-corrected chi connectivity index (χ4v) is 2.00. The van der Waals surface area contributed by atoms with Crippen molar-refractivity contribution in [3.05, 3.63) is 0 Å². The second-order valence-electron chi connectivity index (χ2n) is 4.26. The smallest absolute Gasteiger partial charge is 0.394 e. The zero-order valence-electron chi connectivity index (χ0n) is 9.59. The van der Waals surface area contributed by atoms with E-state index in [0.29, 0.717) is 26.2 Å². The van der Waals surface area contributed by atoms with Crippen LogP contribution < -0.4 is 0 Å². The standard InChI is InChI=1S/C10H18N2O4/c1-7-5-11(6-8(2)13)3-4-12(7)9(14)10(15)16/h7-8,13H,3-6H2,1-2H3,(H,15,16)/t7-,8-/m1/s1. The highest BCUT2D eigenvalue weighted by Crippen LogP contribution is 2.10. The number of piperazine rings is 1. The van der Waals surface area contributed by atoms with Crippen molar-refractivity contribution in [1.82, 2.24) is 9.80 Å². The van der Waals surface area contributed by atoms with Gasteiger partial charge in [0.15, 0.2) is 0 Å². The topological polar surface area (TPSA) is 81.1 Å². The Kier molecular flexibility index (Phi) is 4.26. The lowest BCUT2D eigenvalue weighted by Crippen LogP contribution is -2.56. The van der Waals surface area contributed by atoms with Gasteiger partial charge in [-0.15, -0.1) is 0 Å². The lowest BCUT2D eigenvalue weighted by Gasteiger charge is -2.39. The molecule has 1 amide bonds. The number of hydrogen-bond donors (Lipinski definition) is 2. The molecule has 1 aliphatic rings. The SMILES string of the molecule is C[C@@H]1CN(C[C@@H](C)O)CCN1C(=O)C(=O)O. The number of β-amino-alcohol motifs (C(OH)–C–C–N with tert-alkyl or cyclic N) is 1. The molecule has 1 aliphatic heterocycles. The Hall–Kier alpha value is -1.14. The van der Waals surface area contributed by atoms with E-state index in [1.54, 1.807) is 6.92 Å². The van der Waals surface area contributed by atoms with Crippen molar-refractivity contribution in [3.63, 3.8) is 0 Å². The van der Waals surface area contributed by atoms with Gasteiger partial charge in [-0.3, -0.25) is 9.69 Å². The fourth-order valence-electron chi connectivity index (χ4n) is 2.00. The molecule has 1 fully saturated rings. The van der Waals surface area contributed by atoms with Crippen LogP contribution >= 0.6 is 0 Å². The molecule has 0 unspecified atom stereocenters. The molecule has 0 radical (unpaired) electrons. The van der Waals surface area contributed by atoms with E-state index in [0.717, 1.165) is 0 Å². The molecular formula is C10H18N2O4. The summed E-state index contributed by atoms with van der Waals surface area (Å²) in [5.74, 6) is -2.25. The second kappa shape index (κ2) is 5.27. The van der Waals surface area contributed by atoms with Crippen molar-refractivity contribution in [2.45, 2.75) is 26.0 Å². The lowest BCUT2D eigenvalue weighted by molar-refractivity contribution is -0.158. The Morgan fingerprint density at radius 2 is 2.06 bits per heavy atom. The van der Waals surface area contributed by atoms with Crippen molar-refractivity contribution >= 4 is 11.9 Å². The van der Waals surface area contributed by atoms with Crippen LogP contribution in [0.5, 0.6) is 0 Å². The highest BCUT2D eigenvalue weighted by Gasteiger charge is 2.30. The molecule has 92 valence electrons. The Bertz CT molecular complexity index is 280. The maximum atomic E-state index is 11.3. The zero-order valence-corrected chi connectivity index (χ0v) is 9.59. The van der Waals surface area contributed by atoms with Crippen molar-refractivity contribution < 1.29 is 19.8 Å². The van der Waals surface area contributed by atoms with E-state index in [1.165, 1.54) is 4.90 Å². The Morgan fingerprint density at radius 3 is 2.50 bits per heavy atom. The van der Waals surface area contributed by atoms with Crippen LogP contribution in [-0.2, 0) is 9.59 Å². The van der Waals surface area contributed by atoms with Gasteiger partial charge < -0.3 is 15.1 Å². The molecule has 0 bridgehead atoms. The molecule has 0 aromatic carbocycles. The molecule has 1 rings (SSSR count). The average molecular weight is 230 g/mol. The maximum absolute atomic E-state index is 11.3. The van der Waals surface area contributed by atoms with E-state index in [-0.39, 0.29) is 6.04 Å². The van der Waals surface area contributed by atoms with Crippen LogP contribution in [0.2, 0.25) is 0 Å². The number of carbonyl (C=O) groups excluding carboxylic acids is 1. The minimum Gasteiger partial charge on any atom is -0.474 e. The molecule has 1 heterocycles. The van der Waals surface area contributed by atoms with Gasteiger partial charge in [0.25, 0.3) is 0 Å². The molecule has 0 saturated carbocycles. The largest absolute Gasteiger partial charge is 0.474 e. The summed E-state index contributed by atoms with van der Waals surface area (Å²) in [6.07, 6.45) is -0.408. The Labute approximate surface area is 94.4 Å². The van der Waals surface area contributed by atoms with E-state index >= 15 is 0 Å². The van der Waals surface area contributed by atoms with Crippen molar-refractivity contribution in [3.8, 4) is 0 Å². The van der Waals surface area contributed by atoms with Gasteiger partial charge in [0.2, 0.25) is 0 Å². The number of carboxylic acids is 1. The summed E-state index contributed by atoms with van der Waals surface area (Å²) in [4.78, 5) is 25.2. The number of aliphatic hydroxyl groups is 1. The number of hydrogen-bond acceptors (Lipinski definition) is 4. The molecule has 0 spiro atoms. The molecule has 6 nitrogen and oxygen atoms in total. The molecular weight excluding hydrogens is 212 g/mol. The van der Waals surface area contributed by atoms with Gasteiger partial charge in [-0.2, -0.15) is 0 Å². The van der Waals surface area contributed by atoms with Crippen molar-refractivity contribution in [2.24, 2.45) is 0 Å². The monoisotopic (exact) mass is 230 g/mol. The number of aliphatic hydroxyl groups excluding tert-OH is 1. The first-order valence-electron chi connectivity index (χ1n) is 5.36. The molecule has 2 atom stereocenters. The zero-order chi connectivity index (χ0) is 12.3. The van der Waals surface area contributed by atoms with Gasteiger partial charge in [0, 0.05) is 32.2 Å². The van der Waals surface area contributed by atoms with E-state index in [1.807, 2.05) is 11.8 Å². The van der Waals surface area contributed by atoms with E-state index < -0.39 is 18.0 Å². The van der Waals surface area contributed by atoms with Crippen molar-refractivity contribution in [1.29, 1.82) is 0 Å². The van der Waals surface area contributed by atoms with Crippen LogP contribution in [0.3, 0.4) is 0 Å². The van der Waals surface area contributed by atoms with Crippen LogP contribution in [0.4, 0.5) is 0 Å². The van der Waals surface area contributed by atoms with Gasteiger partial charge in [-0.25, -0.2) is 4.79 Å². The summed E-state index contributed by atoms with van der Waals surface area (Å²) in [5, 5.41) is 17.9. The summed E-state index contributed by atoms with van der Waals surface area (Å²) >= 11 is 0. The maximum Gasteiger partial charge on any atom is 0.394 e. The quantitative estimate of drug-likeness (QED) is 0.594. The van der Waals surface area contributed by atoms with Gasteiger partial charge >= 0.3 is 11.9 Å². The summed E-state index contributed by atoms with van der Waals surface area (Å²) < 4.78 is 0. The third-order valence-electron chi connectivity index (χ3n) is 2.68. The van der Waals surface area contributed by atoms with Crippen LogP contribution in [0.15, 0.2) is 0 Å². The first kappa shape index (κ1) is 12.9. The molecule has 2 N–H and O–H groups in total. The van der Waals surface area contributed by atoms with Crippen LogP contribution in [-0.4, -0.2) is 70.2 Å². The lowest BCUT2D eigenvalue weighted by atomic mass is 10.1. The van der Waals surface area contributed by atoms with Crippen LogP contribution in [0, 0.1) is 0 Å². The van der Waals surface area contributed by atoms with Crippen LogP contribution in [0.1, 0.15) is 13.8 Å². The molecule has 1 saturated heterocycles. The highest BCUT2D eigenvalue weighted by atomic mass is 16.4. The Morgan fingerprint density at radius 1 is 1.44 bits per heavy atom. The molecule has 0 aromatic rings. The minimum absolute atomic E-state index is 0.129. The number of carboxylic acid groups (broad SMARTS) is 1. The minimum atomic E-state index is -1.41.